The lowest BCUT2D eigenvalue weighted by molar-refractivity contribution is 0.112. The van der Waals surface area contributed by atoms with Crippen molar-refractivity contribution in [3.63, 3.8) is 0 Å². The van der Waals surface area contributed by atoms with Crippen LogP contribution in [0.1, 0.15) is 17.3 Å². The maximum absolute atomic E-state index is 12.4. The van der Waals surface area contributed by atoms with E-state index in [0.717, 1.165) is 6.29 Å². The largest absolute Gasteiger partial charge is 0.365 e. The molecule has 0 fully saturated rings. The number of rotatable bonds is 4. The number of hydrogen-bond donors (Lipinski definition) is 2. The molecule has 0 aliphatic rings. The molecule has 0 radical (unpaired) electrons. The van der Waals surface area contributed by atoms with Crippen molar-refractivity contribution >= 4 is 12.0 Å². The number of aldehydes is 1. The zero-order valence-electron chi connectivity index (χ0n) is 7.96. The monoisotopic (exact) mass is 196 g/mol. The lowest BCUT2D eigenvalue weighted by Gasteiger charge is -2.23. The van der Waals surface area contributed by atoms with Crippen molar-refractivity contribution in [3.05, 3.63) is 29.8 Å². The molecule has 3 N–H and O–H groups in total. The third-order valence-corrected chi connectivity index (χ3v) is 1.75. The summed E-state index contributed by atoms with van der Waals surface area (Å²) < 4.78 is 12.4. The molecule has 76 valence electrons. The Kier molecular flexibility index (Phi) is 3.19. The summed E-state index contributed by atoms with van der Waals surface area (Å²) in [7, 11) is 0. The van der Waals surface area contributed by atoms with Gasteiger partial charge in [0.05, 0.1) is 0 Å². The molecule has 0 saturated heterocycles. The molecule has 0 aliphatic carbocycles. The number of carbonyl (C=O) groups is 1. The first-order chi connectivity index (χ1) is 6.57. The van der Waals surface area contributed by atoms with Crippen molar-refractivity contribution in [3.8, 4) is 0 Å². The van der Waals surface area contributed by atoms with Crippen LogP contribution in [0.2, 0.25) is 0 Å². The number of carbonyl (C=O) groups excluding carboxylic acids is 1. The molecule has 0 heterocycles. The molecule has 0 unspecified atom stereocenters. The minimum absolute atomic E-state index is 0.578. The van der Waals surface area contributed by atoms with E-state index in [4.69, 9.17) is 5.73 Å². The van der Waals surface area contributed by atoms with Gasteiger partial charge in [-0.1, -0.05) is 0 Å². The van der Waals surface area contributed by atoms with E-state index in [1.54, 1.807) is 31.2 Å². The number of alkyl halides is 1. The lowest BCUT2D eigenvalue weighted by Crippen LogP contribution is -2.46. The Morgan fingerprint density at radius 3 is 2.50 bits per heavy atom. The van der Waals surface area contributed by atoms with Crippen LogP contribution in [0.4, 0.5) is 10.1 Å². The van der Waals surface area contributed by atoms with Gasteiger partial charge in [0.25, 0.3) is 0 Å². The summed E-state index contributed by atoms with van der Waals surface area (Å²) in [6.07, 6.45) is 0.751. The summed E-state index contributed by atoms with van der Waals surface area (Å²) in [4.78, 5) is 10.4. The van der Waals surface area contributed by atoms with Crippen molar-refractivity contribution in [2.45, 2.75) is 12.6 Å². The van der Waals surface area contributed by atoms with Crippen LogP contribution in [0, 0.1) is 0 Å². The van der Waals surface area contributed by atoms with E-state index in [-0.39, 0.29) is 0 Å². The fourth-order valence-corrected chi connectivity index (χ4v) is 1.01. The molecule has 4 heteroatoms. The highest BCUT2D eigenvalue weighted by molar-refractivity contribution is 5.75. The van der Waals surface area contributed by atoms with Crippen molar-refractivity contribution < 1.29 is 9.18 Å². The second kappa shape index (κ2) is 4.19. The second-order valence-corrected chi connectivity index (χ2v) is 3.42. The molecule has 0 amide bonds. The van der Waals surface area contributed by atoms with E-state index >= 15 is 0 Å². The van der Waals surface area contributed by atoms with Gasteiger partial charge in [-0.3, -0.25) is 4.79 Å². The van der Waals surface area contributed by atoms with E-state index < -0.39 is 12.3 Å². The number of benzene rings is 1. The molecule has 1 atom stereocenters. The van der Waals surface area contributed by atoms with Crippen LogP contribution in [0.25, 0.3) is 0 Å². The summed E-state index contributed by atoms with van der Waals surface area (Å²) in [6, 6.07) is 6.66. The predicted octanol–water partition coefficient (Wildman–Crippen LogP) is 1.56. The van der Waals surface area contributed by atoms with Gasteiger partial charge in [-0.25, -0.2) is 4.39 Å². The van der Waals surface area contributed by atoms with Crippen LogP contribution in [-0.2, 0) is 0 Å². The number of nitrogens with one attached hydrogen (secondary N) is 1. The SMILES string of the molecule is C[C@@](N)(CF)Nc1ccc(C=O)cc1. The first kappa shape index (κ1) is 10.7. The van der Waals surface area contributed by atoms with Crippen molar-refractivity contribution in [1.82, 2.24) is 0 Å². The average Bonchev–Trinajstić information content (AvgIpc) is 2.19. The topological polar surface area (TPSA) is 55.1 Å². The number of halogens is 1. The average molecular weight is 196 g/mol. The Bertz CT molecular complexity index is 308. The van der Waals surface area contributed by atoms with Crippen LogP contribution in [0.5, 0.6) is 0 Å². The van der Waals surface area contributed by atoms with E-state index in [1.807, 2.05) is 0 Å². The lowest BCUT2D eigenvalue weighted by atomic mass is 10.2. The second-order valence-electron chi connectivity index (χ2n) is 3.42. The highest BCUT2D eigenvalue weighted by atomic mass is 19.1. The molecule has 1 aromatic carbocycles. The molecule has 0 aromatic heterocycles. The third-order valence-electron chi connectivity index (χ3n) is 1.75. The molecule has 0 spiro atoms. The zero-order chi connectivity index (χ0) is 10.6. The Morgan fingerprint density at radius 1 is 1.50 bits per heavy atom. The van der Waals surface area contributed by atoms with Gasteiger partial charge in [0.1, 0.15) is 18.6 Å². The Balaban J connectivity index is 2.73. The quantitative estimate of drug-likeness (QED) is 0.567. The fourth-order valence-electron chi connectivity index (χ4n) is 1.01. The van der Waals surface area contributed by atoms with Crippen LogP contribution in [-0.4, -0.2) is 18.6 Å². The van der Waals surface area contributed by atoms with Crippen molar-refractivity contribution in [1.29, 1.82) is 0 Å². The van der Waals surface area contributed by atoms with E-state index in [2.05, 4.69) is 5.32 Å². The van der Waals surface area contributed by atoms with Gasteiger partial charge >= 0.3 is 0 Å². The number of anilines is 1. The number of hydrogen-bond acceptors (Lipinski definition) is 3. The smallest absolute Gasteiger partial charge is 0.150 e. The van der Waals surface area contributed by atoms with Crippen LogP contribution in [0.3, 0.4) is 0 Å². The van der Waals surface area contributed by atoms with E-state index in [9.17, 15) is 9.18 Å². The molecule has 0 aliphatic heterocycles. The fraction of sp³-hybridized carbons (Fsp3) is 0.300. The highest BCUT2D eigenvalue weighted by Crippen LogP contribution is 2.12. The predicted molar refractivity (Wildman–Crippen MR) is 54.0 cm³/mol. The zero-order valence-corrected chi connectivity index (χ0v) is 7.96. The van der Waals surface area contributed by atoms with Gasteiger partial charge in [0, 0.05) is 11.3 Å². The molecule has 14 heavy (non-hydrogen) atoms. The van der Waals surface area contributed by atoms with Gasteiger partial charge < -0.3 is 11.1 Å². The van der Waals surface area contributed by atoms with Crippen LogP contribution < -0.4 is 11.1 Å². The maximum atomic E-state index is 12.4. The van der Waals surface area contributed by atoms with Gasteiger partial charge in [0.15, 0.2) is 0 Å². The molecule has 1 rings (SSSR count). The van der Waals surface area contributed by atoms with Gasteiger partial charge in [-0.05, 0) is 31.2 Å². The Labute approximate surface area is 82.1 Å². The van der Waals surface area contributed by atoms with Gasteiger partial charge in [-0.15, -0.1) is 0 Å². The number of nitrogens with two attached hydrogens (primary N) is 1. The van der Waals surface area contributed by atoms with E-state index in [1.165, 1.54) is 0 Å². The van der Waals surface area contributed by atoms with Gasteiger partial charge in [-0.2, -0.15) is 0 Å². The summed E-state index contributed by atoms with van der Waals surface area (Å²) in [5.74, 6) is 0. The molecule has 1 aromatic rings. The van der Waals surface area contributed by atoms with Crippen molar-refractivity contribution in [2.75, 3.05) is 12.0 Å². The molecular weight excluding hydrogens is 183 g/mol. The summed E-state index contributed by atoms with van der Waals surface area (Å²) >= 11 is 0. The molecule has 0 bridgehead atoms. The van der Waals surface area contributed by atoms with Crippen LogP contribution in [0.15, 0.2) is 24.3 Å². The summed E-state index contributed by atoms with van der Waals surface area (Å²) in [5, 5.41) is 2.81. The molecule has 0 saturated carbocycles. The first-order valence-electron chi connectivity index (χ1n) is 4.26. The third kappa shape index (κ3) is 2.81. The van der Waals surface area contributed by atoms with Crippen LogP contribution >= 0.6 is 0 Å². The minimum Gasteiger partial charge on any atom is -0.365 e. The Morgan fingerprint density at radius 2 is 2.07 bits per heavy atom. The first-order valence-corrected chi connectivity index (χ1v) is 4.26. The van der Waals surface area contributed by atoms with Crippen molar-refractivity contribution in [2.24, 2.45) is 5.73 Å². The minimum atomic E-state index is -1.07. The maximum Gasteiger partial charge on any atom is 0.150 e. The summed E-state index contributed by atoms with van der Waals surface area (Å²) in [5.41, 5.74) is 5.77. The standard InChI is InChI=1S/C10H13FN2O/c1-10(12,7-11)13-9-4-2-8(6-14)3-5-9/h2-6,13H,7,12H2,1H3/t10-/m0/s1. The van der Waals surface area contributed by atoms with Gasteiger partial charge in [0.2, 0.25) is 0 Å². The molecule has 3 nitrogen and oxygen atoms in total. The molecular formula is C10H13FN2O. The normalized spacial score (nSPS) is 14.5. The highest BCUT2D eigenvalue weighted by Gasteiger charge is 2.16. The van der Waals surface area contributed by atoms with E-state index in [0.29, 0.717) is 11.3 Å². The Hall–Kier alpha value is -1.42. The summed E-state index contributed by atoms with van der Waals surface area (Å²) in [6.45, 7) is 0.892.